The van der Waals surface area contributed by atoms with E-state index in [-0.39, 0.29) is 11.8 Å². The molecule has 0 atom stereocenters. The summed E-state index contributed by atoms with van der Waals surface area (Å²) in [5.74, 6) is -0.216. The maximum absolute atomic E-state index is 11.6. The monoisotopic (exact) mass is 249 g/mol. The Labute approximate surface area is 107 Å². The molecular formula is C13H19N3O2. The molecule has 0 bridgehead atoms. The largest absolute Gasteiger partial charge is 0.354 e. The summed E-state index contributed by atoms with van der Waals surface area (Å²) in [6, 6.07) is 3.40. The number of hydrogen-bond donors (Lipinski definition) is 2. The van der Waals surface area contributed by atoms with E-state index in [1.165, 1.54) is 6.20 Å². The standard InChI is InChI=1S/C13H19N3O2/c1-13(2,3)12(18)16-8-7-15-11(17)10-5-4-6-14-9-10/h4-6,9H,7-8H2,1-3H3,(H,15,17)(H,16,18). The Morgan fingerprint density at radius 2 is 1.89 bits per heavy atom. The molecule has 1 heterocycles. The minimum atomic E-state index is -0.409. The highest BCUT2D eigenvalue weighted by Crippen LogP contribution is 2.11. The number of nitrogens with zero attached hydrogens (tertiary/aromatic N) is 1. The average Bonchev–Trinajstić information content (AvgIpc) is 2.34. The number of pyridine rings is 1. The van der Waals surface area contributed by atoms with Gasteiger partial charge in [-0.05, 0) is 12.1 Å². The summed E-state index contributed by atoms with van der Waals surface area (Å²) in [7, 11) is 0. The van der Waals surface area contributed by atoms with Gasteiger partial charge in [-0.25, -0.2) is 0 Å². The van der Waals surface area contributed by atoms with Crippen LogP contribution in [0, 0.1) is 5.41 Å². The van der Waals surface area contributed by atoms with Crippen LogP contribution in [0.15, 0.2) is 24.5 Å². The van der Waals surface area contributed by atoms with Crippen molar-refractivity contribution in [3.8, 4) is 0 Å². The molecule has 5 heteroatoms. The van der Waals surface area contributed by atoms with Crippen LogP contribution in [0.1, 0.15) is 31.1 Å². The predicted molar refractivity (Wildman–Crippen MR) is 69.0 cm³/mol. The highest BCUT2D eigenvalue weighted by Gasteiger charge is 2.20. The van der Waals surface area contributed by atoms with E-state index in [0.29, 0.717) is 18.7 Å². The van der Waals surface area contributed by atoms with Crippen LogP contribution in [0.5, 0.6) is 0 Å². The fourth-order valence-corrected chi connectivity index (χ4v) is 1.22. The Kier molecular flexibility index (Phi) is 4.83. The molecule has 1 rings (SSSR count). The number of aromatic nitrogens is 1. The number of nitrogens with one attached hydrogen (secondary N) is 2. The molecule has 1 aromatic rings. The zero-order valence-electron chi connectivity index (χ0n) is 11.0. The molecule has 0 fully saturated rings. The summed E-state index contributed by atoms with van der Waals surface area (Å²) < 4.78 is 0. The quantitative estimate of drug-likeness (QED) is 0.781. The first kappa shape index (κ1) is 14.2. The van der Waals surface area contributed by atoms with E-state index >= 15 is 0 Å². The first-order valence-corrected chi connectivity index (χ1v) is 5.88. The third-order valence-corrected chi connectivity index (χ3v) is 2.30. The SMILES string of the molecule is CC(C)(C)C(=O)NCCNC(=O)c1cccnc1. The molecule has 0 saturated carbocycles. The summed E-state index contributed by atoms with van der Waals surface area (Å²) in [6.07, 6.45) is 3.11. The molecule has 18 heavy (non-hydrogen) atoms. The first-order chi connectivity index (χ1) is 8.41. The lowest BCUT2D eigenvalue weighted by Crippen LogP contribution is -2.39. The van der Waals surface area contributed by atoms with E-state index in [1.807, 2.05) is 20.8 Å². The molecule has 98 valence electrons. The maximum Gasteiger partial charge on any atom is 0.252 e. The summed E-state index contributed by atoms with van der Waals surface area (Å²) in [6.45, 7) is 6.35. The van der Waals surface area contributed by atoms with Crippen molar-refractivity contribution in [1.29, 1.82) is 0 Å². The smallest absolute Gasteiger partial charge is 0.252 e. The molecule has 0 unspecified atom stereocenters. The fraction of sp³-hybridized carbons (Fsp3) is 0.462. The molecule has 0 aromatic carbocycles. The van der Waals surface area contributed by atoms with Gasteiger partial charge >= 0.3 is 0 Å². The fourth-order valence-electron chi connectivity index (χ4n) is 1.22. The van der Waals surface area contributed by atoms with E-state index in [4.69, 9.17) is 0 Å². The van der Waals surface area contributed by atoms with Gasteiger partial charge < -0.3 is 10.6 Å². The van der Waals surface area contributed by atoms with E-state index in [9.17, 15) is 9.59 Å². The number of rotatable bonds is 4. The molecule has 0 spiro atoms. The van der Waals surface area contributed by atoms with Crippen LogP contribution in [0.25, 0.3) is 0 Å². The third kappa shape index (κ3) is 4.53. The second-order valence-electron chi connectivity index (χ2n) is 5.00. The van der Waals surface area contributed by atoms with Crippen molar-refractivity contribution < 1.29 is 9.59 Å². The van der Waals surface area contributed by atoms with Gasteiger partial charge in [0.1, 0.15) is 0 Å². The lowest BCUT2D eigenvalue weighted by molar-refractivity contribution is -0.128. The molecule has 0 aliphatic heterocycles. The maximum atomic E-state index is 11.6. The molecule has 0 saturated heterocycles. The summed E-state index contributed by atoms with van der Waals surface area (Å²) in [5, 5.41) is 5.47. The van der Waals surface area contributed by atoms with Gasteiger partial charge in [0.2, 0.25) is 5.91 Å². The Hall–Kier alpha value is -1.91. The van der Waals surface area contributed by atoms with Crippen LogP contribution >= 0.6 is 0 Å². The van der Waals surface area contributed by atoms with Crippen LogP contribution in [-0.4, -0.2) is 29.9 Å². The van der Waals surface area contributed by atoms with Gasteiger partial charge in [0, 0.05) is 30.9 Å². The van der Waals surface area contributed by atoms with Crippen molar-refractivity contribution in [2.24, 2.45) is 5.41 Å². The summed E-state index contributed by atoms with van der Waals surface area (Å²) in [4.78, 5) is 27.0. The number of amides is 2. The number of carbonyl (C=O) groups is 2. The van der Waals surface area contributed by atoms with E-state index < -0.39 is 5.41 Å². The van der Waals surface area contributed by atoms with Crippen LogP contribution < -0.4 is 10.6 Å². The van der Waals surface area contributed by atoms with Gasteiger partial charge in [0.15, 0.2) is 0 Å². The van der Waals surface area contributed by atoms with Crippen molar-refractivity contribution in [3.05, 3.63) is 30.1 Å². The van der Waals surface area contributed by atoms with Gasteiger partial charge in [-0.15, -0.1) is 0 Å². The summed E-state index contributed by atoms with van der Waals surface area (Å²) in [5.41, 5.74) is 0.104. The zero-order chi connectivity index (χ0) is 13.6. The van der Waals surface area contributed by atoms with E-state index in [0.717, 1.165) is 0 Å². The van der Waals surface area contributed by atoms with Crippen molar-refractivity contribution in [2.45, 2.75) is 20.8 Å². The Morgan fingerprint density at radius 3 is 2.44 bits per heavy atom. The Balaban J connectivity index is 2.27. The molecule has 2 amide bonds. The van der Waals surface area contributed by atoms with Gasteiger partial charge in [0.05, 0.1) is 5.56 Å². The molecule has 1 aromatic heterocycles. The minimum Gasteiger partial charge on any atom is -0.354 e. The Morgan fingerprint density at radius 1 is 1.22 bits per heavy atom. The van der Waals surface area contributed by atoms with Gasteiger partial charge in [-0.3, -0.25) is 14.6 Å². The minimum absolute atomic E-state index is 0.0295. The first-order valence-electron chi connectivity index (χ1n) is 5.88. The van der Waals surface area contributed by atoms with Crippen LogP contribution in [-0.2, 0) is 4.79 Å². The van der Waals surface area contributed by atoms with Gasteiger partial charge in [-0.1, -0.05) is 20.8 Å². The molecular weight excluding hydrogens is 230 g/mol. The van der Waals surface area contributed by atoms with Crippen LogP contribution in [0.4, 0.5) is 0 Å². The van der Waals surface area contributed by atoms with Crippen molar-refractivity contribution in [2.75, 3.05) is 13.1 Å². The number of hydrogen-bond acceptors (Lipinski definition) is 3. The van der Waals surface area contributed by atoms with E-state index in [2.05, 4.69) is 15.6 Å². The molecule has 0 aliphatic rings. The van der Waals surface area contributed by atoms with Crippen LogP contribution in [0.2, 0.25) is 0 Å². The van der Waals surface area contributed by atoms with Crippen molar-refractivity contribution in [3.63, 3.8) is 0 Å². The summed E-state index contributed by atoms with van der Waals surface area (Å²) >= 11 is 0. The van der Waals surface area contributed by atoms with Crippen LogP contribution in [0.3, 0.4) is 0 Å². The molecule has 0 radical (unpaired) electrons. The highest BCUT2D eigenvalue weighted by molar-refractivity contribution is 5.93. The predicted octanol–water partition coefficient (Wildman–Crippen LogP) is 0.974. The highest BCUT2D eigenvalue weighted by atomic mass is 16.2. The van der Waals surface area contributed by atoms with Crippen molar-refractivity contribution in [1.82, 2.24) is 15.6 Å². The second-order valence-corrected chi connectivity index (χ2v) is 5.00. The lowest BCUT2D eigenvalue weighted by Gasteiger charge is -2.17. The normalized spacial score (nSPS) is 10.8. The molecule has 0 aliphatic carbocycles. The molecule has 2 N–H and O–H groups in total. The zero-order valence-corrected chi connectivity index (χ0v) is 11.0. The van der Waals surface area contributed by atoms with Crippen molar-refractivity contribution >= 4 is 11.8 Å². The topological polar surface area (TPSA) is 71.1 Å². The van der Waals surface area contributed by atoms with Gasteiger partial charge in [0.25, 0.3) is 5.91 Å². The number of carbonyl (C=O) groups excluding carboxylic acids is 2. The second kappa shape index (κ2) is 6.14. The molecule has 5 nitrogen and oxygen atoms in total. The Bertz CT molecular complexity index is 410. The lowest BCUT2D eigenvalue weighted by atomic mass is 9.96. The van der Waals surface area contributed by atoms with E-state index in [1.54, 1.807) is 18.3 Å². The van der Waals surface area contributed by atoms with Gasteiger partial charge in [-0.2, -0.15) is 0 Å². The third-order valence-electron chi connectivity index (χ3n) is 2.30. The average molecular weight is 249 g/mol.